The molecule has 14 heteroatoms. The van der Waals surface area contributed by atoms with Crippen LogP contribution >= 0.6 is 0 Å². The van der Waals surface area contributed by atoms with E-state index in [4.69, 9.17) is 28.4 Å². The van der Waals surface area contributed by atoms with E-state index in [1.165, 1.54) is 135 Å². The number of aliphatic hydroxyl groups is 7. The van der Waals surface area contributed by atoms with Gasteiger partial charge in [0.2, 0.25) is 0 Å². The van der Waals surface area contributed by atoms with Gasteiger partial charge in [0.1, 0.15) is 54.9 Å². The van der Waals surface area contributed by atoms with Gasteiger partial charge in [0.15, 0.2) is 12.6 Å². The minimum Gasteiger partial charge on any atom is -0.457 e. The van der Waals surface area contributed by atoms with Crippen LogP contribution in [0.1, 0.15) is 232 Å². The molecular weight excluding hydrogens is 933 g/mol. The first-order valence-electron chi connectivity index (χ1n) is 29.6. The third-order valence-electron chi connectivity index (χ3n) is 14.2. The molecule has 2 heterocycles. The first-order valence-corrected chi connectivity index (χ1v) is 29.6. The third-order valence-corrected chi connectivity index (χ3v) is 14.2. The lowest BCUT2D eigenvalue weighted by molar-refractivity contribution is -0.332. The monoisotopic (exact) mass is 1040 g/mol. The minimum atomic E-state index is -1.71. The Morgan fingerprint density at radius 2 is 0.890 bits per heavy atom. The van der Waals surface area contributed by atoms with Crippen molar-refractivity contribution in [2.24, 2.45) is 0 Å². The second-order valence-corrected chi connectivity index (χ2v) is 20.8. The van der Waals surface area contributed by atoms with Crippen LogP contribution in [-0.4, -0.2) is 142 Å². The Kier molecular flexibility index (Phi) is 42.7. The largest absolute Gasteiger partial charge is 0.457 e. The van der Waals surface area contributed by atoms with Crippen LogP contribution in [0.25, 0.3) is 0 Å². The topological polar surface area (TPSA) is 214 Å². The highest BCUT2D eigenvalue weighted by molar-refractivity contribution is 5.69. The van der Waals surface area contributed by atoms with E-state index in [-0.39, 0.29) is 25.6 Å². The van der Waals surface area contributed by atoms with Crippen molar-refractivity contribution in [3.05, 3.63) is 36.5 Å². The molecule has 14 nitrogen and oxygen atoms in total. The van der Waals surface area contributed by atoms with Gasteiger partial charge in [0.25, 0.3) is 0 Å². The molecule has 0 aliphatic carbocycles. The van der Waals surface area contributed by atoms with Gasteiger partial charge in [-0.1, -0.05) is 217 Å². The van der Waals surface area contributed by atoms with Gasteiger partial charge in [-0.15, -0.1) is 0 Å². The van der Waals surface area contributed by atoms with Crippen LogP contribution < -0.4 is 0 Å². The molecule has 0 aromatic carbocycles. The molecule has 2 fully saturated rings. The van der Waals surface area contributed by atoms with Gasteiger partial charge in [-0.3, -0.25) is 4.79 Å². The maximum atomic E-state index is 13.1. The number of aliphatic hydroxyl groups excluding tert-OH is 7. The lowest BCUT2D eigenvalue weighted by atomic mass is 9.98. The molecule has 428 valence electrons. The van der Waals surface area contributed by atoms with E-state index in [0.717, 1.165) is 70.6 Å². The van der Waals surface area contributed by atoms with E-state index < -0.39 is 80.7 Å². The fourth-order valence-electron chi connectivity index (χ4n) is 9.42. The Morgan fingerprint density at radius 1 is 0.466 bits per heavy atom. The number of rotatable bonds is 48. The van der Waals surface area contributed by atoms with Crippen LogP contribution in [0.3, 0.4) is 0 Å². The van der Waals surface area contributed by atoms with E-state index in [1.54, 1.807) is 0 Å². The number of hydrogen-bond acceptors (Lipinski definition) is 14. The molecule has 0 radical (unpaired) electrons. The van der Waals surface area contributed by atoms with Crippen molar-refractivity contribution in [3.8, 4) is 0 Å². The second-order valence-electron chi connectivity index (χ2n) is 20.8. The van der Waals surface area contributed by atoms with E-state index in [0.29, 0.717) is 13.0 Å². The van der Waals surface area contributed by atoms with Crippen molar-refractivity contribution in [1.29, 1.82) is 0 Å². The van der Waals surface area contributed by atoms with Crippen molar-refractivity contribution in [2.75, 3.05) is 33.0 Å². The zero-order valence-corrected chi connectivity index (χ0v) is 45.9. The molecule has 11 atom stereocenters. The summed E-state index contributed by atoms with van der Waals surface area (Å²) >= 11 is 0. The summed E-state index contributed by atoms with van der Waals surface area (Å²) in [7, 11) is 0. The van der Waals surface area contributed by atoms with Gasteiger partial charge in [0.05, 0.1) is 26.4 Å². The normalized spacial score (nSPS) is 25.2. The van der Waals surface area contributed by atoms with Gasteiger partial charge >= 0.3 is 5.97 Å². The zero-order valence-electron chi connectivity index (χ0n) is 45.9. The van der Waals surface area contributed by atoms with Crippen LogP contribution in [0, 0.1) is 0 Å². The number of carbonyl (C=O) groups excluding carboxylic acids is 1. The first-order chi connectivity index (χ1) is 35.6. The lowest BCUT2D eigenvalue weighted by Gasteiger charge is -2.42. The van der Waals surface area contributed by atoms with Gasteiger partial charge in [-0.25, -0.2) is 0 Å². The number of hydrogen-bond donors (Lipinski definition) is 7. The van der Waals surface area contributed by atoms with Gasteiger partial charge < -0.3 is 64.2 Å². The molecule has 0 spiro atoms. The molecule has 7 N–H and O–H groups in total. The Bertz CT molecular complexity index is 1350. The molecule has 2 saturated heterocycles. The maximum Gasteiger partial charge on any atom is 0.306 e. The minimum absolute atomic E-state index is 0.0553. The van der Waals surface area contributed by atoms with Crippen LogP contribution in [0.2, 0.25) is 0 Å². The predicted octanol–water partition coefficient (Wildman–Crippen LogP) is 10.5. The van der Waals surface area contributed by atoms with Crippen molar-refractivity contribution < 1.29 is 69.0 Å². The number of allylic oxidation sites excluding steroid dienone is 6. The summed E-state index contributed by atoms with van der Waals surface area (Å²) in [5.41, 5.74) is 0. The highest BCUT2D eigenvalue weighted by Crippen LogP contribution is 2.27. The van der Waals surface area contributed by atoms with E-state index in [9.17, 15) is 40.5 Å². The SMILES string of the molecule is CC/C=C\C/C=C\C/C=C\CCCCCCCCOCC(COC1OC(COC2OC(CO)C(O)C(O)C2O)C(O)C(O)C1O)OC(=O)CCCCCCCCCCCCCCCCCCCCCCCCC. The van der Waals surface area contributed by atoms with Crippen molar-refractivity contribution >= 4 is 5.97 Å². The van der Waals surface area contributed by atoms with E-state index in [2.05, 4.69) is 50.3 Å². The average molecular weight is 1040 g/mol. The smallest absolute Gasteiger partial charge is 0.306 e. The zero-order chi connectivity index (χ0) is 53.0. The van der Waals surface area contributed by atoms with Gasteiger partial charge in [-0.2, -0.15) is 0 Å². The Balaban J connectivity index is 1.69. The molecule has 0 amide bonds. The summed E-state index contributed by atoms with van der Waals surface area (Å²) in [6, 6.07) is 0. The number of unbranched alkanes of at least 4 members (excludes halogenated alkanes) is 28. The molecule has 2 rings (SSSR count). The molecule has 0 bridgehead atoms. The standard InChI is InChI=1S/C59H108O14/c1-3-5-7-9-11-13-15-17-19-21-22-23-24-25-26-27-28-30-32-34-36-38-40-42-51(61)71-48(45-68-43-41-39-37-35-33-31-29-20-18-16-14-12-10-8-6-4-2)46-69-58-57(67)55(65)53(63)50(73-58)47-70-59-56(66)54(64)52(62)49(44-60)72-59/h6,8,12,14,18,20,48-50,52-60,62-67H,3-5,7,9-11,13,15-17,19,21-47H2,1-2H3/b8-6-,14-12-,20-18-. The van der Waals surface area contributed by atoms with Crippen LogP contribution in [0.15, 0.2) is 36.5 Å². The van der Waals surface area contributed by atoms with Crippen LogP contribution in [0.4, 0.5) is 0 Å². The van der Waals surface area contributed by atoms with Crippen LogP contribution in [0.5, 0.6) is 0 Å². The number of esters is 1. The van der Waals surface area contributed by atoms with Crippen molar-refractivity contribution in [3.63, 3.8) is 0 Å². The molecule has 0 saturated carbocycles. The van der Waals surface area contributed by atoms with Crippen molar-refractivity contribution in [1.82, 2.24) is 0 Å². The summed E-state index contributed by atoms with van der Waals surface area (Å²) in [4.78, 5) is 13.1. The van der Waals surface area contributed by atoms with Crippen LogP contribution in [-0.2, 0) is 33.2 Å². The van der Waals surface area contributed by atoms with Gasteiger partial charge in [-0.05, 0) is 44.9 Å². The Morgan fingerprint density at radius 3 is 1.40 bits per heavy atom. The summed E-state index contributed by atoms with van der Waals surface area (Å²) in [6.07, 6.45) is 37.8. The Hall–Kier alpha value is -1.79. The van der Waals surface area contributed by atoms with E-state index in [1.807, 2.05) is 0 Å². The second kappa shape index (κ2) is 46.3. The molecular formula is C59H108O14. The fourth-order valence-corrected chi connectivity index (χ4v) is 9.42. The summed E-state index contributed by atoms with van der Waals surface area (Å²) < 4.78 is 34.4. The quantitative estimate of drug-likeness (QED) is 0.0172. The molecule has 2 aliphatic heterocycles. The van der Waals surface area contributed by atoms with E-state index >= 15 is 0 Å². The summed E-state index contributed by atoms with van der Waals surface area (Å²) in [6.45, 7) is 3.59. The maximum absolute atomic E-state index is 13.1. The predicted molar refractivity (Wildman–Crippen MR) is 289 cm³/mol. The average Bonchev–Trinajstić information content (AvgIpc) is 3.39. The number of carbonyl (C=O) groups is 1. The molecule has 11 unspecified atom stereocenters. The Labute approximate surface area is 442 Å². The molecule has 73 heavy (non-hydrogen) atoms. The molecule has 0 aromatic rings. The summed E-state index contributed by atoms with van der Waals surface area (Å²) in [5.74, 6) is -0.377. The molecule has 2 aliphatic rings. The number of ether oxygens (including phenoxy) is 6. The highest BCUT2D eigenvalue weighted by Gasteiger charge is 2.47. The molecule has 0 aromatic heterocycles. The first kappa shape index (κ1) is 67.3. The van der Waals surface area contributed by atoms with Crippen molar-refractivity contribution in [2.45, 2.75) is 300 Å². The van der Waals surface area contributed by atoms with Gasteiger partial charge in [0, 0.05) is 13.0 Å². The third kappa shape index (κ3) is 33.2. The lowest BCUT2D eigenvalue weighted by Crippen LogP contribution is -2.61. The fraction of sp³-hybridized carbons (Fsp3) is 0.881. The summed E-state index contributed by atoms with van der Waals surface area (Å²) in [5, 5.41) is 72.3. The highest BCUT2D eigenvalue weighted by atomic mass is 16.7.